The highest BCUT2D eigenvalue weighted by molar-refractivity contribution is 5.96. The Morgan fingerprint density at radius 1 is 1.07 bits per heavy atom. The lowest BCUT2D eigenvalue weighted by Gasteiger charge is -2.24. The summed E-state index contributed by atoms with van der Waals surface area (Å²) in [6.45, 7) is 5.25. The average Bonchev–Trinajstić information content (AvgIpc) is 3.50. The van der Waals surface area contributed by atoms with Crippen LogP contribution in [-0.4, -0.2) is 67.9 Å². The molecule has 4 heterocycles. The van der Waals surface area contributed by atoms with Crippen LogP contribution in [0.25, 0.3) is 16.7 Å². The molecule has 5 rings (SSSR count). The van der Waals surface area contributed by atoms with Gasteiger partial charge in [0.15, 0.2) is 0 Å². The highest BCUT2D eigenvalue weighted by Gasteiger charge is 2.36. The van der Waals surface area contributed by atoms with Crippen LogP contribution >= 0.6 is 0 Å². The predicted molar refractivity (Wildman–Crippen MR) is 143 cm³/mol. The number of halogens is 3. The third-order valence-electron chi connectivity index (χ3n) is 6.69. The molecule has 0 radical (unpaired) electrons. The third kappa shape index (κ3) is 6.49. The molecule has 0 aliphatic carbocycles. The van der Waals surface area contributed by atoms with Crippen molar-refractivity contribution in [3.63, 3.8) is 0 Å². The van der Waals surface area contributed by atoms with Gasteiger partial charge in [-0.25, -0.2) is 4.98 Å². The fourth-order valence-electron chi connectivity index (χ4n) is 4.73. The first kappa shape index (κ1) is 27.8. The fourth-order valence-corrected chi connectivity index (χ4v) is 4.73. The lowest BCUT2D eigenvalue weighted by molar-refractivity contribution is -0.137. The lowest BCUT2D eigenvalue weighted by atomic mass is 10.1. The van der Waals surface area contributed by atoms with Gasteiger partial charge in [-0.3, -0.25) is 14.7 Å². The molecular formula is C29H30F3N5O3. The Balaban J connectivity index is 1.34. The van der Waals surface area contributed by atoms with Gasteiger partial charge in [0, 0.05) is 43.6 Å². The largest absolute Gasteiger partial charge is 0.417 e. The number of ether oxygens (including phenoxy) is 1. The number of carbonyl (C=O) groups excluding carboxylic acids is 1. The second-order valence-electron chi connectivity index (χ2n) is 10.6. The van der Waals surface area contributed by atoms with Crippen molar-refractivity contribution in [2.45, 2.75) is 44.3 Å². The molecule has 3 aromatic heterocycles. The van der Waals surface area contributed by atoms with Gasteiger partial charge in [0.05, 0.1) is 35.4 Å². The summed E-state index contributed by atoms with van der Waals surface area (Å²) in [5, 5.41) is 13.9. The van der Waals surface area contributed by atoms with Crippen LogP contribution in [0.2, 0.25) is 0 Å². The molecule has 1 saturated heterocycles. The Labute approximate surface area is 229 Å². The van der Waals surface area contributed by atoms with Crippen molar-refractivity contribution >= 4 is 16.8 Å². The number of hydrogen-bond donors (Lipinski definition) is 2. The Kier molecular flexibility index (Phi) is 7.63. The van der Waals surface area contributed by atoms with Crippen LogP contribution in [0.3, 0.4) is 0 Å². The number of nitrogens with zero attached hydrogens (tertiary/aromatic N) is 4. The van der Waals surface area contributed by atoms with Crippen molar-refractivity contribution in [2.24, 2.45) is 0 Å². The second kappa shape index (κ2) is 11.0. The van der Waals surface area contributed by atoms with E-state index in [-0.39, 0.29) is 30.3 Å². The minimum Gasteiger partial charge on any atom is -0.388 e. The quantitative estimate of drug-likeness (QED) is 0.340. The number of aromatic nitrogens is 3. The van der Waals surface area contributed by atoms with E-state index in [2.05, 4.69) is 20.2 Å². The molecule has 0 unspecified atom stereocenters. The molecule has 4 aromatic rings. The first-order valence-corrected chi connectivity index (χ1v) is 12.9. The zero-order chi connectivity index (χ0) is 28.5. The van der Waals surface area contributed by atoms with Gasteiger partial charge in [-0.05, 0) is 43.7 Å². The molecule has 1 amide bonds. The highest BCUT2D eigenvalue weighted by atomic mass is 19.4. The molecule has 1 aliphatic rings. The number of amides is 1. The van der Waals surface area contributed by atoms with E-state index in [1.165, 1.54) is 6.07 Å². The van der Waals surface area contributed by atoms with Gasteiger partial charge in [0.1, 0.15) is 11.5 Å². The number of pyridine rings is 2. The van der Waals surface area contributed by atoms with Crippen LogP contribution in [0, 0.1) is 0 Å². The number of carbonyl (C=O) groups is 1. The molecule has 0 bridgehead atoms. The maximum atomic E-state index is 13.3. The molecule has 2 N–H and O–H groups in total. The number of hydrogen-bond acceptors (Lipinski definition) is 6. The smallest absolute Gasteiger partial charge is 0.388 e. The standard InChI is InChI=1S/C29H30F3N5O3/c1-28(2,39)18-40-25-17-36(15-19-6-4-3-5-7-19)16-23(25)35-27(38)22-12-24-20(13-33-22)10-11-37(24)26-9-8-21(14-34-26)29(30,31)32/h3-14,23,25,39H,15-18H2,1-2H3,(H,35,38)/t23-,25-/m1/s1. The van der Waals surface area contributed by atoms with E-state index in [1.807, 2.05) is 30.3 Å². The summed E-state index contributed by atoms with van der Waals surface area (Å²) in [7, 11) is 0. The van der Waals surface area contributed by atoms with Crippen molar-refractivity contribution in [1.29, 1.82) is 0 Å². The maximum Gasteiger partial charge on any atom is 0.417 e. The molecule has 1 aromatic carbocycles. The minimum absolute atomic E-state index is 0.112. The van der Waals surface area contributed by atoms with Crippen LogP contribution in [0.5, 0.6) is 0 Å². The highest BCUT2D eigenvalue weighted by Crippen LogP contribution is 2.29. The summed E-state index contributed by atoms with van der Waals surface area (Å²) in [6.07, 6.45) is -0.829. The van der Waals surface area contributed by atoms with E-state index in [4.69, 9.17) is 4.74 Å². The van der Waals surface area contributed by atoms with Crippen molar-refractivity contribution < 1.29 is 27.8 Å². The van der Waals surface area contributed by atoms with Crippen LogP contribution in [-0.2, 0) is 17.5 Å². The van der Waals surface area contributed by atoms with Crippen LogP contribution in [0.15, 0.2) is 73.2 Å². The Hall–Kier alpha value is -3.80. The molecule has 2 atom stereocenters. The van der Waals surface area contributed by atoms with E-state index < -0.39 is 23.2 Å². The number of alkyl halides is 3. The van der Waals surface area contributed by atoms with Crippen LogP contribution in [0.4, 0.5) is 13.2 Å². The number of benzene rings is 1. The van der Waals surface area contributed by atoms with Crippen molar-refractivity contribution in [1.82, 2.24) is 24.8 Å². The number of rotatable bonds is 8. The molecule has 40 heavy (non-hydrogen) atoms. The maximum absolute atomic E-state index is 13.3. The molecule has 210 valence electrons. The second-order valence-corrected chi connectivity index (χ2v) is 10.6. The first-order chi connectivity index (χ1) is 19.0. The summed E-state index contributed by atoms with van der Waals surface area (Å²) >= 11 is 0. The van der Waals surface area contributed by atoms with Crippen molar-refractivity contribution in [3.05, 3.63) is 90.0 Å². The van der Waals surface area contributed by atoms with Crippen molar-refractivity contribution in [2.75, 3.05) is 19.7 Å². The molecule has 11 heteroatoms. The molecule has 0 spiro atoms. The van der Waals surface area contributed by atoms with E-state index in [0.717, 1.165) is 17.8 Å². The number of likely N-dealkylation sites (tertiary alicyclic amines) is 1. The zero-order valence-electron chi connectivity index (χ0n) is 22.1. The average molecular weight is 554 g/mol. The van der Waals surface area contributed by atoms with Gasteiger partial charge in [-0.1, -0.05) is 30.3 Å². The molecule has 8 nitrogen and oxygen atoms in total. The SMILES string of the molecule is CC(C)(O)CO[C@@H]1CN(Cc2ccccc2)C[C@H]1NC(=O)c1cc2c(ccn2-c2ccc(C(F)(F)F)cn2)cn1. The predicted octanol–water partition coefficient (Wildman–Crippen LogP) is 4.21. The minimum atomic E-state index is -4.48. The summed E-state index contributed by atoms with van der Waals surface area (Å²) in [4.78, 5) is 23.8. The molecular weight excluding hydrogens is 523 g/mol. The van der Waals surface area contributed by atoms with Gasteiger partial charge < -0.3 is 19.7 Å². The molecule has 1 fully saturated rings. The van der Waals surface area contributed by atoms with E-state index >= 15 is 0 Å². The molecule has 0 saturated carbocycles. The summed E-state index contributed by atoms with van der Waals surface area (Å²) in [6, 6.07) is 15.2. The Bertz CT molecular complexity index is 1470. The van der Waals surface area contributed by atoms with Gasteiger partial charge in [0.2, 0.25) is 0 Å². The van der Waals surface area contributed by atoms with E-state index in [1.54, 1.807) is 42.9 Å². The van der Waals surface area contributed by atoms with Gasteiger partial charge in [-0.15, -0.1) is 0 Å². The van der Waals surface area contributed by atoms with Gasteiger partial charge >= 0.3 is 6.18 Å². The third-order valence-corrected chi connectivity index (χ3v) is 6.69. The number of nitrogens with one attached hydrogen (secondary N) is 1. The number of fused-ring (bicyclic) bond motifs is 1. The van der Waals surface area contributed by atoms with Crippen molar-refractivity contribution in [3.8, 4) is 5.82 Å². The Morgan fingerprint density at radius 3 is 2.52 bits per heavy atom. The van der Waals surface area contributed by atoms with E-state index in [0.29, 0.717) is 30.5 Å². The zero-order valence-corrected chi connectivity index (χ0v) is 22.1. The first-order valence-electron chi connectivity index (χ1n) is 12.9. The monoisotopic (exact) mass is 553 g/mol. The van der Waals surface area contributed by atoms with Crippen LogP contribution < -0.4 is 5.32 Å². The normalized spacial score (nSPS) is 18.4. The fraction of sp³-hybridized carbons (Fsp3) is 0.345. The van der Waals surface area contributed by atoms with Gasteiger partial charge in [-0.2, -0.15) is 13.2 Å². The summed E-state index contributed by atoms with van der Waals surface area (Å²) < 4.78 is 46.5. The summed E-state index contributed by atoms with van der Waals surface area (Å²) in [5.74, 6) is -0.119. The molecule has 1 aliphatic heterocycles. The van der Waals surface area contributed by atoms with Gasteiger partial charge in [0.25, 0.3) is 5.91 Å². The Morgan fingerprint density at radius 2 is 1.85 bits per heavy atom. The topological polar surface area (TPSA) is 92.5 Å². The van der Waals surface area contributed by atoms with Crippen LogP contribution in [0.1, 0.15) is 35.5 Å². The summed E-state index contributed by atoms with van der Waals surface area (Å²) in [5.41, 5.74) is 0.0155. The van der Waals surface area contributed by atoms with E-state index in [9.17, 15) is 23.1 Å². The number of aliphatic hydroxyl groups is 1. The lowest BCUT2D eigenvalue weighted by Crippen LogP contribution is -2.45.